The summed E-state index contributed by atoms with van der Waals surface area (Å²) in [6.45, 7) is 8.87. The largest absolute Gasteiger partial charge is 0.481 e. The highest BCUT2D eigenvalue weighted by Crippen LogP contribution is 2.39. The summed E-state index contributed by atoms with van der Waals surface area (Å²) in [5, 5.41) is 11.8. The molecule has 116 valence electrons. The van der Waals surface area contributed by atoms with E-state index in [1.807, 2.05) is 6.92 Å². The Labute approximate surface area is 122 Å². The van der Waals surface area contributed by atoms with Gasteiger partial charge in [-0.3, -0.25) is 9.59 Å². The second-order valence-corrected chi connectivity index (χ2v) is 7.10. The summed E-state index contributed by atoms with van der Waals surface area (Å²) in [7, 11) is 0. The Morgan fingerprint density at radius 1 is 1.20 bits per heavy atom. The number of carbonyl (C=O) groups excluding carboxylic acids is 1. The lowest BCUT2D eigenvalue weighted by Gasteiger charge is -2.36. The highest BCUT2D eigenvalue weighted by atomic mass is 16.4. The van der Waals surface area contributed by atoms with E-state index in [0.29, 0.717) is 17.8 Å². The number of carboxylic acid groups (broad SMARTS) is 1. The molecule has 1 fully saturated rings. The predicted molar refractivity (Wildman–Crippen MR) is 79.3 cm³/mol. The van der Waals surface area contributed by atoms with Crippen LogP contribution in [0.25, 0.3) is 0 Å². The number of carbonyl (C=O) groups is 2. The van der Waals surface area contributed by atoms with E-state index in [-0.39, 0.29) is 18.4 Å². The van der Waals surface area contributed by atoms with Gasteiger partial charge in [-0.25, -0.2) is 0 Å². The van der Waals surface area contributed by atoms with Crippen LogP contribution in [-0.2, 0) is 9.59 Å². The van der Waals surface area contributed by atoms with Crippen molar-refractivity contribution in [2.24, 2.45) is 23.2 Å². The molecule has 0 aromatic rings. The van der Waals surface area contributed by atoms with Crippen LogP contribution in [0.15, 0.2) is 0 Å². The van der Waals surface area contributed by atoms with Crippen molar-refractivity contribution >= 4 is 11.9 Å². The zero-order valence-electron chi connectivity index (χ0n) is 13.2. The third-order valence-electron chi connectivity index (χ3n) is 4.69. The highest BCUT2D eigenvalue weighted by molar-refractivity contribution is 5.79. The second-order valence-electron chi connectivity index (χ2n) is 7.10. The average molecular weight is 283 g/mol. The summed E-state index contributed by atoms with van der Waals surface area (Å²) in [5.41, 5.74) is 0.318. The van der Waals surface area contributed by atoms with E-state index in [4.69, 9.17) is 5.11 Å². The van der Waals surface area contributed by atoms with Crippen LogP contribution < -0.4 is 5.32 Å². The molecule has 2 N–H and O–H groups in total. The molecule has 1 aliphatic carbocycles. The summed E-state index contributed by atoms with van der Waals surface area (Å²) in [6.07, 6.45) is 4.59. The van der Waals surface area contributed by atoms with E-state index in [1.165, 1.54) is 0 Å². The third kappa shape index (κ3) is 4.80. The van der Waals surface area contributed by atoms with E-state index >= 15 is 0 Å². The molecule has 1 saturated carbocycles. The molecule has 0 heterocycles. The molecule has 0 saturated heterocycles. The van der Waals surface area contributed by atoms with Gasteiger partial charge in [0.1, 0.15) is 0 Å². The lowest BCUT2D eigenvalue weighted by Crippen LogP contribution is -2.38. The average Bonchev–Trinajstić information content (AvgIpc) is 2.38. The third-order valence-corrected chi connectivity index (χ3v) is 4.69. The molecule has 1 amide bonds. The van der Waals surface area contributed by atoms with E-state index in [0.717, 1.165) is 25.7 Å². The van der Waals surface area contributed by atoms with Crippen LogP contribution in [0.3, 0.4) is 0 Å². The summed E-state index contributed by atoms with van der Waals surface area (Å²) in [4.78, 5) is 23.0. The van der Waals surface area contributed by atoms with Gasteiger partial charge in [-0.1, -0.05) is 27.7 Å². The molecule has 1 aliphatic rings. The van der Waals surface area contributed by atoms with Gasteiger partial charge in [-0.05, 0) is 43.4 Å². The molecule has 4 heteroatoms. The van der Waals surface area contributed by atoms with Gasteiger partial charge in [0, 0.05) is 12.5 Å². The Balaban J connectivity index is 2.38. The van der Waals surface area contributed by atoms with Crippen LogP contribution in [-0.4, -0.2) is 23.5 Å². The smallest absolute Gasteiger partial charge is 0.308 e. The Bertz CT molecular complexity index is 338. The molecule has 4 nitrogen and oxygen atoms in total. The second kappa shape index (κ2) is 7.09. The van der Waals surface area contributed by atoms with Crippen molar-refractivity contribution in [2.75, 3.05) is 6.54 Å². The van der Waals surface area contributed by atoms with Crippen LogP contribution in [0.2, 0.25) is 0 Å². The number of rotatable bonds is 5. The Morgan fingerprint density at radius 3 is 2.15 bits per heavy atom. The number of aliphatic carboxylic acids is 1. The molecule has 20 heavy (non-hydrogen) atoms. The van der Waals surface area contributed by atoms with Crippen molar-refractivity contribution in [3.63, 3.8) is 0 Å². The van der Waals surface area contributed by atoms with E-state index in [2.05, 4.69) is 26.1 Å². The first kappa shape index (κ1) is 17.0. The van der Waals surface area contributed by atoms with Crippen molar-refractivity contribution in [3.05, 3.63) is 0 Å². The van der Waals surface area contributed by atoms with E-state index in [1.54, 1.807) is 0 Å². The van der Waals surface area contributed by atoms with Gasteiger partial charge in [0.2, 0.25) is 5.91 Å². The van der Waals surface area contributed by atoms with Crippen molar-refractivity contribution in [3.8, 4) is 0 Å². The summed E-state index contributed by atoms with van der Waals surface area (Å²) in [6, 6.07) is 0. The number of hydrogen-bond donors (Lipinski definition) is 2. The van der Waals surface area contributed by atoms with Gasteiger partial charge in [-0.15, -0.1) is 0 Å². The van der Waals surface area contributed by atoms with Crippen LogP contribution >= 0.6 is 0 Å². The van der Waals surface area contributed by atoms with E-state index in [9.17, 15) is 9.59 Å². The molecule has 0 radical (unpaired) electrons. The molecule has 0 aromatic carbocycles. The highest BCUT2D eigenvalue weighted by Gasteiger charge is 2.32. The van der Waals surface area contributed by atoms with Gasteiger partial charge in [0.25, 0.3) is 0 Å². The lowest BCUT2D eigenvalue weighted by molar-refractivity contribution is -0.141. The normalized spacial score (nSPS) is 25.0. The number of nitrogens with one attached hydrogen (secondary N) is 1. The lowest BCUT2D eigenvalue weighted by atomic mass is 9.69. The SMILES string of the molecule is CCC(CNC(=O)C1CCC(C(C)(C)C)CC1)C(=O)O. The molecular weight excluding hydrogens is 254 g/mol. The maximum Gasteiger partial charge on any atom is 0.308 e. The Kier molecular flexibility index (Phi) is 6.03. The molecule has 0 bridgehead atoms. The zero-order valence-corrected chi connectivity index (χ0v) is 13.2. The Morgan fingerprint density at radius 2 is 1.75 bits per heavy atom. The fraction of sp³-hybridized carbons (Fsp3) is 0.875. The van der Waals surface area contributed by atoms with Gasteiger partial charge >= 0.3 is 5.97 Å². The molecule has 1 atom stereocenters. The van der Waals surface area contributed by atoms with E-state index < -0.39 is 11.9 Å². The van der Waals surface area contributed by atoms with Gasteiger partial charge in [0.15, 0.2) is 0 Å². The standard InChI is InChI=1S/C16H29NO3/c1-5-11(15(19)20)10-17-14(18)12-6-8-13(9-7-12)16(2,3)4/h11-13H,5-10H2,1-4H3,(H,17,18)(H,19,20). The van der Waals surface area contributed by atoms with Crippen LogP contribution in [0.4, 0.5) is 0 Å². The molecular formula is C16H29NO3. The fourth-order valence-corrected chi connectivity index (χ4v) is 3.00. The van der Waals surface area contributed by atoms with Gasteiger partial charge in [0.05, 0.1) is 5.92 Å². The minimum absolute atomic E-state index is 0.0389. The molecule has 1 unspecified atom stereocenters. The maximum atomic E-state index is 12.1. The first-order chi connectivity index (χ1) is 9.25. The molecule has 1 rings (SSSR count). The molecule has 0 aliphatic heterocycles. The maximum absolute atomic E-state index is 12.1. The van der Waals surface area contributed by atoms with Crippen molar-refractivity contribution in [1.29, 1.82) is 0 Å². The quantitative estimate of drug-likeness (QED) is 0.815. The van der Waals surface area contributed by atoms with Crippen molar-refractivity contribution < 1.29 is 14.7 Å². The zero-order chi connectivity index (χ0) is 15.3. The predicted octanol–water partition coefficient (Wildman–Crippen LogP) is 3.07. The Hall–Kier alpha value is -1.06. The number of carboxylic acids is 1. The first-order valence-corrected chi connectivity index (χ1v) is 7.76. The minimum Gasteiger partial charge on any atom is -0.481 e. The van der Waals surface area contributed by atoms with Gasteiger partial charge in [-0.2, -0.15) is 0 Å². The van der Waals surface area contributed by atoms with Gasteiger partial charge < -0.3 is 10.4 Å². The monoisotopic (exact) mass is 283 g/mol. The number of amides is 1. The number of hydrogen-bond acceptors (Lipinski definition) is 2. The van der Waals surface area contributed by atoms with Crippen LogP contribution in [0.1, 0.15) is 59.8 Å². The summed E-state index contributed by atoms with van der Waals surface area (Å²) in [5.74, 6) is -0.500. The first-order valence-electron chi connectivity index (χ1n) is 7.76. The minimum atomic E-state index is -0.829. The molecule has 0 spiro atoms. The summed E-state index contributed by atoms with van der Waals surface area (Å²) < 4.78 is 0. The molecule has 0 aromatic heterocycles. The summed E-state index contributed by atoms with van der Waals surface area (Å²) >= 11 is 0. The van der Waals surface area contributed by atoms with Crippen LogP contribution in [0.5, 0.6) is 0 Å². The van der Waals surface area contributed by atoms with Crippen molar-refractivity contribution in [2.45, 2.75) is 59.8 Å². The fourth-order valence-electron chi connectivity index (χ4n) is 3.00. The van der Waals surface area contributed by atoms with Crippen molar-refractivity contribution in [1.82, 2.24) is 5.32 Å². The topological polar surface area (TPSA) is 66.4 Å². The van der Waals surface area contributed by atoms with Crippen LogP contribution in [0, 0.1) is 23.2 Å².